The Morgan fingerprint density at radius 3 is 2.41 bits per heavy atom. The first kappa shape index (κ1) is 12.4. The molecule has 1 aromatic rings. The van der Waals surface area contributed by atoms with Crippen molar-refractivity contribution in [2.24, 2.45) is 11.7 Å². The quantitative estimate of drug-likeness (QED) is 0.861. The summed E-state index contributed by atoms with van der Waals surface area (Å²) in [6, 6.07) is 8.27. The molecule has 94 valence electrons. The summed E-state index contributed by atoms with van der Waals surface area (Å²) >= 11 is 0. The Morgan fingerprint density at radius 1 is 1.18 bits per heavy atom. The molecule has 1 aromatic carbocycles. The number of benzene rings is 1. The number of ether oxygens (including phenoxy) is 1. The normalized spacial score (nSPS) is 18.9. The van der Waals surface area contributed by atoms with Gasteiger partial charge in [-0.15, -0.1) is 0 Å². The van der Waals surface area contributed by atoms with Crippen LogP contribution in [0.25, 0.3) is 0 Å². The lowest BCUT2D eigenvalue weighted by Crippen LogP contribution is -2.15. The Labute approximate surface area is 104 Å². The van der Waals surface area contributed by atoms with Crippen molar-refractivity contribution < 1.29 is 4.74 Å². The fourth-order valence-electron chi connectivity index (χ4n) is 2.44. The molecule has 1 atom stereocenters. The SMILES string of the molecule is C[C@H](N)c1ccc(OCC2CCCCC2)cc1. The van der Waals surface area contributed by atoms with Crippen LogP contribution in [0.3, 0.4) is 0 Å². The fraction of sp³-hybridized carbons (Fsp3) is 0.600. The Balaban J connectivity index is 1.82. The van der Waals surface area contributed by atoms with Crippen LogP contribution >= 0.6 is 0 Å². The van der Waals surface area contributed by atoms with Gasteiger partial charge in [-0.2, -0.15) is 0 Å². The van der Waals surface area contributed by atoms with E-state index in [1.165, 1.54) is 32.1 Å². The molecule has 1 saturated carbocycles. The van der Waals surface area contributed by atoms with Gasteiger partial charge in [-0.3, -0.25) is 0 Å². The Bertz CT molecular complexity index is 325. The van der Waals surface area contributed by atoms with Gasteiger partial charge in [-0.05, 0) is 43.4 Å². The van der Waals surface area contributed by atoms with Crippen molar-refractivity contribution in [1.29, 1.82) is 0 Å². The third-order valence-electron chi connectivity index (χ3n) is 3.62. The van der Waals surface area contributed by atoms with Gasteiger partial charge in [0.15, 0.2) is 0 Å². The van der Waals surface area contributed by atoms with Crippen molar-refractivity contribution in [2.75, 3.05) is 6.61 Å². The zero-order valence-electron chi connectivity index (χ0n) is 10.7. The summed E-state index contributed by atoms with van der Waals surface area (Å²) in [5.74, 6) is 1.73. The first-order valence-corrected chi connectivity index (χ1v) is 6.74. The lowest BCUT2D eigenvalue weighted by atomic mass is 9.90. The Morgan fingerprint density at radius 2 is 1.82 bits per heavy atom. The van der Waals surface area contributed by atoms with Crippen LogP contribution in [0.5, 0.6) is 5.75 Å². The highest BCUT2D eigenvalue weighted by Gasteiger charge is 2.13. The van der Waals surface area contributed by atoms with Gasteiger partial charge in [-0.1, -0.05) is 31.4 Å². The van der Waals surface area contributed by atoms with Crippen molar-refractivity contribution in [3.63, 3.8) is 0 Å². The highest BCUT2D eigenvalue weighted by Crippen LogP contribution is 2.25. The summed E-state index contributed by atoms with van der Waals surface area (Å²) in [5, 5.41) is 0. The van der Waals surface area contributed by atoms with Crippen LogP contribution < -0.4 is 10.5 Å². The summed E-state index contributed by atoms with van der Waals surface area (Å²) in [4.78, 5) is 0. The molecule has 1 fully saturated rings. The molecule has 0 spiro atoms. The monoisotopic (exact) mass is 233 g/mol. The maximum atomic E-state index is 5.84. The molecule has 1 aliphatic carbocycles. The van der Waals surface area contributed by atoms with Crippen molar-refractivity contribution in [2.45, 2.75) is 45.1 Å². The molecule has 0 amide bonds. The summed E-state index contributed by atoms with van der Waals surface area (Å²) in [6.45, 7) is 2.87. The van der Waals surface area contributed by atoms with Gasteiger partial charge >= 0.3 is 0 Å². The van der Waals surface area contributed by atoms with Crippen LogP contribution in [0.1, 0.15) is 50.6 Å². The average Bonchev–Trinajstić information content (AvgIpc) is 2.38. The van der Waals surface area contributed by atoms with Crippen LogP contribution in [0.4, 0.5) is 0 Å². The Kier molecular flexibility index (Phi) is 4.43. The van der Waals surface area contributed by atoms with Crippen molar-refractivity contribution in [1.82, 2.24) is 0 Å². The molecule has 17 heavy (non-hydrogen) atoms. The number of nitrogens with two attached hydrogens (primary N) is 1. The molecule has 2 N–H and O–H groups in total. The van der Waals surface area contributed by atoms with Crippen LogP contribution in [0, 0.1) is 5.92 Å². The number of hydrogen-bond donors (Lipinski definition) is 1. The molecule has 0 heterocycles. The van der Waals surface area contributed by atoms with Crippen LogP contribution in [0.2, 0.25) is 0 Å². The minimum absolute atomic E-state index is 0.0994. The van der Waals surface area contributed by atoms with Gasteiger partial charge in [0.05, 0.1) is 6.61 Å². The second kappa shape index (κ2) is 6.06. The molecule has 1 aliphatic rings. The first-order chi connectivity index (χ1) is 8.25. The third kappa shape index (κ3) is 3.74. The van der Waals surface area contributed by atoms with E-state index in [0.29, 0.717) is 0 Å². The van der Waals surface area contributed by atoms with E-state index in [4.69, 9.17) is 10.5 Å². The average molecular weight is 233 g/mol. The lowest BCUT2D eigenvalue weighted by Gasteiger charge is -2.21. The van der Waals surface area contributed by atoms with Gasteiger partial charge in [0.25, 0.3) is 0 Å². The molecule has 0 aliphatic heterocycles. The molecule has 0 saturated heterocycles. The van der Waals surface area contributed by atoms with E-state index in [9.17, 15) is 0 Å². The van der Waals surface area contributed by atoms with E-state index < -0.39 is 0 Å². The van der Waals surface area contributed by atoms with Gasteiger partial charge in [0, 0.05) is 6.04 Å². The molecular weight excluding hydrogens is 210 g/mol. The molecule has 0 aromatic heterocycles. The minimum Gasteiger partial charge on any atom is -0.493 e. The van der Waals surface area contributed by atoms with E-state index in [2.05, 4.69) is 12.1 Å². The molecule has 0 bridgehead atoms. The predicted octanol–water partition coefficient (Wildman–Crippen LogP) is 3.67. The van der Waals surface area contributed by atoms with Crippen LogP contribution in [-0.2, 0) is 0 Å². The summed E-state index contributed by atoms with van der Waals surface area (Å²) in [7, 11) is 0. The largest absolute Gasteiger partial charge is 0.493 e. The smallest absolute Gasteiger partial charge is 0.119 e. The van der Waals surface area contributed by atoms with Gasteiger partial charge in [0.1, 0.15) is 5.75 Å². The molecule has 0 radical (unpaired) electrons. The topological polar surface area (TPSA) is 35.2 Å². The molecule has 2 nitrogen and oxygen atoms in total. The summed E-state index contributed by atoms with van der Waals surface area (Å²) < 4.78 is 5.84. The van der Waals surface area contributed by atoms with Gasteiger partial charge in [0.2, 0.25) is 0 Å². The zero-order chi connectivity index (χ0) is 12.1. The van der Waals surface area contributed by atoms with Crippen molar-refractivity contribution >= 4 is 0 Å². The number of rotatable bonds is 4. The van der Waals surface area contributed by atoms with E-state index in [1.807, 2.05) is 19.1 Å². The maximum absolute atomic E-state index is 5.84. The third-order valence-corrected chi connectivity index (χ3v) is 3.62. The summed E-state index contributed by atoms with van der Waals surface area (Å²) in [6.07, 6.45) is 6.81. The highest BCUT2D eigenvalue weighted by atomic mass is 16.5. The van der Waals surface area contributed by atoms with Crippen molar-refractivity contribution in [3.05, 3.63) is 29.8 Å². The highest BCUT2D eigenvalue weighted by molar-refractivity contribution is 5.28. The zero-order valence-corrected chi connectivity index (χ0v) is 10.7. The maximum Gasteiger partial charge on any atom is 0.119 e. The lowest BCUT2D eigenvalue weighted by molar-refractivity contribution is 0.209. The summed E-state index contributed by atoms with van der Waals surface area (Å²) in [5.41, 5.74) is 6.98. The van der Waals surface area contributed by atoms with E-state index in [0.717, 1.165) is 23.8 Å². The molecule has 2 rings (SSSR count). The van der Waals surface area contributed by atoms with E-state index in [1.54, 1.807) is 0 Å². The molecular formula is C15H23NO. The predicted molar refractivity (Wildman–Crippen MR) is 71.1 cm³/mol. The number of hydrogen-bond acceptors (Lipinski definition) is 2. The van der Waals surface area contributed by atoms with Crippen LogP contribution in [-0.4, -0.2) is 6.61 Å². The van der Waals surface area contributed by atoms with Gasteiger partial charge in [-0.25, -0.2) is 0 Å². The van der Waals surface area contributed by atoms with Gasteiger partial charge < -0.3 is 10.5 Å². The fourth-order valence-corrected chi connectivity index (χ4v) is 2.44. The van der Waals surface area contributed by atoms with Crippen molar-refractivity contribution in [3.8, 4) is 5.75 Å². The van der Waals surface area contributed by atoms with Crippen LogP contribution in [0.15, 0.2) is 24.3 Å². The minimum atomic E-state index is 0.0994. The second-order valence-electron chi connectivity index (χ2n) is 5.17. The second-order valence-corrected chi connectivity index (χ2v) is 5.17. The van der Waals surface area contributed by atoms with E-state index in [-0.39, 0.29) is 6.04 Å². The standard InChI is InChI=1S/C15H23NO/c1-12(16)14-7-9-15(10-8-14)17-11-13-5-3-2-4-6-13/h7-10,12-13H,2-6,11,16H2,1H3/t12-/m0/s1. The Hall–Kier alpha value is -1.02. The van der Waals surface area contributed by atoms with E-state index >= 15 is 0 Å². The first-order valence-electron chi connectivity index (χ1n) is 6.74. The molecule has 2 heteroatoms. The molecule has 0 unspecified atom stereocenters.